The molecule has 0 aromatic heterocycles. The lowest BCUT2D eigenvalue weighted by molar-refractivity contribution is -0.137. The largest absolute Gasteiger partial charge is 0.497 e. The highest BCUT2D eigenvalue weighted by atomic mass is 16.5. The molecule has 7 nitrogen and oxygen atoms in total. The van der Waals surface area contributed by atoms with Crippen LogP contribution in [0.3, 0.4) is 0 Å². The Labute approximate surface area is 160 Å². The number of ether oxygens (including phenoxy) is 3. The number of likely N-dealkylation sites (tertiary alicyclic amines) is 1. The van der Waals surface area contributed by atoms with Crippen LogP contribution in [0.4, 0.5) is 0 Å². The number of rotatable bonds is 9. The van der Waals surface area contributed by atoms with Crippen LogP contribution in [0, 0.1) is 5.92 Å². The maximum atomic E-state index is 12.7. The van der Waals surface area contributed by atoms with Gasteiger partial charge >= 0.3 is 5.97 Å². The van der Waals surface area contributed by atoms with Crippen molar-refractivity contribution in [2.75, 3.05) is 27.4 Å². The molecule has 1 aromatic rings. The van der Waals surface area contributed by atoms with Crippen molar-refractivity contribution < 1.29 is 23.8 Å². The zero-order valence-corrected chi connectivity index (χ0v) is 16.1. The number of carbonyl (C=O) groups excluding carboxylic acids is 2. The minimum Gasteiger partial charge on any atom is -0.497 e. The van der Waals surface area contributed by atoms with Crippen LogP contribution >= 0.6 is 0 Å². The molecule has 148 valence electrons. The summed E-state index contributed by atoms with van der Waals surface area (Å²) in [5.41, 5.74) is 6.97. The molecule has 1 aliphatic heterocycles. The van der Waals surface area contributed by atoms with Gasteiger partial charge < -0.3 is 24.8 Å². The Hall–Kier alpha value is -2.54. The third-order valence-electron chi connectivity index (χ3n) is 4.59. The highest BCUT2D eigenvalue weighted by Crippen LogP contribution is 2.29. The molecule has 2 N–H and O–H groups in total. The summed E-state index contributed by atoms with van der Waals surface area (Å²) in [5.74, 6) is 0.920. The molecule has 0 saturated carbocycles. The quantitative estimate of drug-likeness (QED) is 0.523. The van der Waals surface area contributed by atoms with E-state index in [4.69, 9.17) is 19.9 Å². The summed E-state index contributed by atoms with van der Waals surface area (Å²) < 4.78 is 15.4. The standard InChI is InChI=1S/C20H28N2O5/c1-4-27-19(23)8-6-16(21)11-14-9-10-22(20(14)24)13-15-5-7-17(25-2)12-18(15)26-3/h5-8,12,14,16H,4,9-11,13,21H2,1-3H3. The van der Waals surface area contributed by atoms with Crippen LogP contribution in [-0.2, 0) is 20.9 Å². The fourth-order valence-corrected chi connectivity index (χ4v) is 3.17. The van der Waals surface area contributed by atoms with Crippen LogP contribution in [0.15, 0.2) is 30.4 Å². The zero-order chi connectivity index (χ0) is 19.8. The Kier molecular flexibility index (Phi) is 7.67. The Balaban J connectivity index is 1.94. The molecule has 1 fully saturated rings. The molecular formula is C20H28N2O5. The summed E-state index contributed by atoms with van der Waals surface area (Å²) in [6, 6.07) is 5.21. The van der Waals surface area contributed by atoms with Gasteiger partial charge in [0.2, 0.25) is 5.91 Å². The number of nitrogens with two attached hydrogens (primary N) is 1. The molecule has 1 amide bonds. The summed E-state index contributed by atoms with van der Waals surface area (Å²) in [6.07, 6.45) is 4.18. The number of hydrogen-bond acceptors (Lipinski definition) is 6. The van der Waals surface area contributed by atoms with Gasteiger partial charge in [-0.1, -0.05) is 6.08 Å². The second-order valence-corrected chi connectivity index (χ2v) is 6.43. The van der Waals surface area contributed by atoms with E-state index < -0.39 is 5.97 Å². The van der Waals surface area contributed by atoms with E-state index in [0.717, 1.165) is 12.0 Å². The van der Waals surface area contributed by atoms with Gasteiger partial charge in [0.25, 0.3) is 0 Å². The first-order valence-corrected chi connectivity index (χ1v) is 9.08. The molecule has 0 bridgehead atoms. The van der Waals surface area contributed by atoms with Gasteiger partial charge in [-0.05, 0) is 31.9 Å². The molecule has 1 aliphatic rings. The number of hydrogen-bond donors (Lipinski definition) is 1. The predicted molar refractivity (Wildman–Crippen MR) is 101 cm³/mol. The molecule has 0 aliphatic carbocycles. The topological polar surface area (TPSA) is 91.1 Å². The van der Waals surface area contributed by atoms with Gasteiger partial charge in [0.05, 0.1) is 20.8 Å². The Morgan fingerprint density at radius 3 is 2.81 bits per heavy atom. The van der Waals surface area contributed by atoms with Crippen molar-refractivity contribution in [3.63, 3.8) is 0 Å². The molecular weight excluding hydrogens is 348 g/mol. The van der Waals surface area contributed by atoms with E-state index in [9.17, 15) is 9.59 Å². The van der Waals surface area contributed by atoms with Crippen molar-refractivity contribution in [3.05, 3.63) is 35.9 Å². The van der Waals surface area contributed by atoms with Gasteiger partial charge in [0.15, 0.2) is 0 Å². The number of benzene rings is 1. The maximum absolute atomic E-state index is 12.7. The van der Waals surface area contributed by atoms with Crippen LogP contribution < -0.4 is 15.2 Å². The zero-order valence-electron chi connectivity index (χ0n) is 16.1. The average Bonchev–Trinajstić information content (AvgIpc) is 3.00. The highest BCUT2D eigenvalue weighted by molar-refractivity contribution is 5.82. The van der Waals surface area contributed by atoms with E-state index in [1.54, 1.807) is 27.2 Å². The van der Waals surface area contributed by atoms with Crippen LogP contribution in [0.1, 0.15) is 25.3 Å². The van der Waals surface area contributed by atoms with E-state index in [2.05, 4.69) is 0 Å². The van der Waals surface area contributed by atoms with E-state index in [0.29, 0.717) is 37.6 Å². The summed E-state index contributed by atoms with van der Waals surface area (Å²) in [6.45, 7) is 3.22. The summed E-state index contributed by atoms with van der Waals surface area (Å²) in [4.78, 5) is 25.9. The second-order valence-electron chi connectivity index (χ2n) is 6.43. The molecule has 7 heteroatoms. The van der Waals surface area contributed by atoms with Gasteiger partial charge in [0, 0.05) is 42.8 Å². The van der Waals surface area contributed by atoms with Crippen molar-refractivity contribution in [1.82, 2.24) is 4.90 Å². The monoisotopic (exact) mass is 376 g/mol. The van der Waals surface area contributed by atoms with E-state index in [1.165, 1.54) is 6.08 Å². The molecule has 27 heavy (non-hydrogen) atoms. The van der Waals surface area contributed by atoms with E-state index in [1.807, 2.05) is 23.1 Å². The normalized spacial score (nSPS) is 18.0. The minimum absolute atomic E-state index is 0.0767. The lowest BCUT2D eigenvalue weighted by Crippen LogP contribution is -2.30. The Morgan fingerprint density at radius 1 is 1.37 bits per heavy atom. The van der Waals surface area contributed by atoms with Gasteiger partial charge in [-0.25, -0.2) is 4.79 Å². The fraction of sp³-hybridized carbons (Fsp3) is 0.500. The fourth-order valence-electron chi connectivity index (χ4n) is 3.17. The first-order valence-electron chi connectivity index (χ1n) is 9.08. The third-order valence-corrected chi connectivity index (χ3v) is 4.59. The number of esters is 1. The molecule has 2 rings (SSSR count). The summed E-state index contributed by atoms with van der Waals surface area (Å²) in [5, 5.41) is 0. The molecule has 2 atom stereocenters. The number of nitrogens with zero attached hydrogens (tertiary/aromatic N) is 1. The molecule has 0 radical (unpaired) electrons. The van der Waals surface area contributed by atoms with Crippen molar-refractivity contribution in [2.45, 2.75) is 32.4 Å². The van der Waals surface area contributed by atoms with Crippen molar-refractivity contribution in [2.24, 2.45) is 11.7 Å². The lowest BCUT2D eigenvalue weighted by atomic mass is 9.98. The van der Waals surface area contributed by atoms with Gasteiger partial charge in [-0.3, -0.25) is 4.79 Å². The van der Waals surface area contributed by atoms with E-state index in [-0.39, 0.29) is 17.9 Å². The van der Waals surface area contributed by atoms with Crippen LogP contribution in [0.5, 0.6) is 11.5 Å². The number of carbonyl (C=O) groups is 2. The molecule has 1 heterocycles. The Morgan fingerprint density at radius 2 is 2.15 bits per heavy atom. The lowest BCUT2D eigenvalue weighted by Gasteiger charge is -2.19. The van der Waals surface area contributed by atoms with Gasteiger partial charge in [-0.15, -0.1) is 0 Å². The maximum Gasteiger partial charge on any atom is 0.330 e. The predicted octanol–water partition coefficient (Wildman–Crippen LogP) is 1.89. The molecule has 1 aromatic carbocycles. The van der Waals surface area contributed by atoms with Crippen molar-refractivity contribution >= 4 is 11.9 Å². The van der Waals surface area contributed by atoms with Crippen molar-refractivity contribution in [1.29, 1.82) is 0 Å². The van der Waals surface area contributed by atoms with Crippen LogP contribution in [0.25, 0.3) is 0 Å². The molecule has 2 unspecified atom stereocenters. The third kappa shape index (κ3) is 5.72. The SMILES string of the molecule is CCOC(=O)C=CC(N)CC1CCN(Cc2ccc(OC)cc2OC)C1=O. The minimum atomic E-state index is -0.418. The number of amides is 1. The van der Waals surface area contributed by atoms with Crippen molar-refractivity contribution in [3.8, 4) is 11.5 Å². The first kappa shape index (κ1) is 20.8. The molecule has 1 saturated heterocycles. The van der Waals surface area contributed by atoms with Gasteiger partial charge in [0.1, 0.15) is 11.5 Å². The van der Waals surface area contributed by atoms with E-state index >= 15 is 0 Å². The van der Waals surface area contributed by atoms with Crippen LogP contribution in [-0.4, -0.2) is 50.2 Å². The number of methoxy groups -OCH3 is 2. The van der Waals surface area contributed by atoms with Gasteiger partial charge in [-0.2, -0.15) is 0 Å². The summed E-state index contributed by atoms with van der Waals surface area (Å²) >= 11 is 0. The summed E-state index contributed by atoms with van der Waals surface area (Å²) in [7, 11) is 3.20. The van der Waals surface area contributed by atoms with Crippen LogP contribution in [0.2, 0.25) is 0 Å². The Bertz CT molecular complexity index is 689. The second kappa shape index (κ2) is 9.97. The first-order chi connectivity index (χ1) is 13.0. The smallest absolute Gasteiger partial charge is 0.330 e. The highest BCUT2D eigenvalue weighted by Gasteiger charge is 2.32. The molecule has 0 spiro atoms. The average molecular weight is 376 g/mol.